The number of aromatic nitrogens is 2. The second-order valence-electron chi connectivity index (χ2n) is 5.25. The molecule has 116 valence electrons. The first kappa shape index (κ1) is 13.7. The van der Waals surface area contributed by atoms with Crippen LogP contribution in [0, 0.1) is 5.82 Å². The molecule has 1 atom stereocenters. The lowest BCUT2D eigenvalue weighted by Crippen LogP contribution is -2.34. The zero-order valence-electron chi connectivity index (χ0n) is 12.1. The summed E-state index contributed by atoms with van der Waals surface area (Å²) in [5, 5.41) is 1.76. The molecule has 4 rings (SSSR count). The van der Waals surface area contributed by atoms with E-state index in [1.54, 1.807) is 35.5 Å². The standard InChI is InChI=1S/C16H14FN5O/c17-11-5-2-1-4-10(11)8-22-16-13(15(18)19-9-20-16)14(21-22)12-6-3-7-23-12/h1-7,9,14,21H,8H2,(H2,18,19,20). The fraction of sp³-hybridized carbons (Fsp3) is 0.125. The molecule has 0 amide bonds. The molecule has 23 heavy (non-hydrogen) atoms. The minimum Gasteiger partial charge on any atom is -0.467 e. The molecule has 1 unspecified atom stereocenters. The van der Waals surface area contributed by atoms with Gasteiger partial charge in [-0.25, -0.2) is 19.8 Å². The number of nitrogens with one attached hydrogen (secondary N) is 1. The first-order valence-electron chi connectivity index (χ1n) is 7.15. The number of anilines is 2. The van der Waals surface area contributed by atoms with Gasteiger partial charge < -0.3 is 10.2 Å². The summed E-state index contributed by atoms with van der Waals surface area (Å²) in [6.45, 7) is 0.313. The highest BCUT2D eigenvalue weighted by Crippen LogP contribution is 2.38. The molecule has 1 aliphatic rings. The monoisotopic (exact) mass is 311 g/mol. The van der Waals surface area contributed by atoms with Crippen LogP contribution in [-0.2, 0) is 6.54 Å². The van der Waals surface area contributed by atoms with Gasteiger partial charge in [0.15, 0.2) is 5.82 Å². The van der Waals surface area contributed by atoms with Crippen LogP contribution in [0.4, 0.5) is 16.0 Å². The van der Waals surface area contributed by atoms with Crippen molar-refractivity contribution in [3.63, 3.8) is 0 Å². The highest BCUT2D eigenvalue weighted by atomic mass is 19.1. The van der Waals surface area contributed by atoms with Crippen molar-refractivity contribution in [3.05, 3.63) is 71.7 Å². The first-order chi connectivity index (χ1) is 11.2. The minimum atomic E-state index is -0.298. The molecule has 0 radical (unpaired) electrons. The SMILES string of the molecule is Nc1ncnc2c1C(c1ccco1)NN2Cc1ccccc1F. The smallest absolute Gasteiger partial charge is 0.154 e. The third kappa shape index (κ3) is 2.31. The van der Waals surface area contributed by atoms with Crippen LogP contribution in [0.15, 0.2) is 53.4 Å². The third-order valence-electron chi connectivity index (χ3n) is 3.84. The Balaban J connectivity index is 1.74. The van der Waals surface area contributed by atoms with E-state index in [0.29, 0.717) is 29.5 Å². The number of benzene rings is 1. The van der Waals surface area contributed by atoms with Crippen LogP contribution in [-0.4, -0.2) is 9.97 Å². The van der Waals surface area contributed by atoms with Gasteiger partial charge in [-0.1, -0.05) is 18.2 Å². The summed E-state index contributed by atoms with van der Waals surface area (Å²) in [6, 6.07) is 9.99. The van der Waals surface area contributed by atoms with Gasteiger partial charge in [-0.15, -0.1) is 0 Å². The molecule has 0 saturated heterocycles. The molecule has 0 spiro atoms. The Morgan fingerprint density at radius 2 is 2.09 bits per heavy atom. The number of nitrogens with two attached hydrogens (primary N) is 1. The van der Waals surface area contributed by atoms with E-state index in [0.717, 1.165) is 5.56 Å². The van der Waals surface area contributed by atoms with E-state index < -0.39 is 0 Å². The van der Waals surface area contributed by atoms with Crippen LogP contribution in [0.3, 0.4) is 0 Å². The number of rotatable bonds is 3. The summed E-state index contributed by atoms with van der Waals surface area (Å²) >= 11 is 0. The molecule has 0 bridgehead atoms. The van der Waals surface area contributed by atoms with Gasteiger partial charge in [0.1, 0.15) is 29.8 Å². The topological polar surface area (TPSA) is 80.2 Å². The maximum Gasteiger partial charge on any atom is 0.154 e. The second kappa shape index (κ2) is 5.36. The maximum atomic E-state index is 13.9. The molecule has 0 saturated carbocycles. The summed E-state index contributed by atoms with van der Waals surface area (Å²) in [4.78, 5) is 8.35. The lowest BCUT2D eigenvalue weighted by molar-refractivity contribution is 0.451. The summed E-state index contributed by atoms with van der Waals surface area (Å²) in [5.41, 5.74) is 10.6. The second-order valence-corrected chi connectivity index (χ2v) is 5.25. The number of furan rings is 1. The van der Waals surface area contributed by atoms with Crippen molar-refractivity contribution < 1.29 is 8.81 Å². The Hall–Kier alpha value is -2.93. The summed E-state index contributed by atoms with van der Waals surface area (Å²) < 4.78 is 19.4. The molecule has 1 aliphatic heterocycles. The van der Waals surface area contributed by atoms with Crippen molar-refractivity contribution in [2.24, 2.45) is 0 Å². The zero-order valence-corrected chi connectivity index (χ0v) is 12.1. The van der Waals surface area contributed by atoms with E-state index in [2.05, 4.69) is 15.4 Å². The molecule has 2 aromatic heterocycles. The first-order valence-corrected chi connectivity index (χ1v) is 7.15. The van der Waals surface area contributed by atoms with Gasteiger partial charge in [0.05, 0.1) is 18.4 Å². The molecule has 3 aromatic rings. The number of fused-ring (bicyclic) bond motifs is 1. The largest absolute Gasteiger partial charge is 0.467 e. The lowest BCUT2D eigenvalue weighted by atomic mass is 10.1. The predicted molar refractivity (Wildman–Crippen MR) is 82.7 cm³/mol. The number of halogens is 1. The fourth-order valence-electron chi connectivity index (χ4n) is 2.75. The van der Waals surface area contributed by atoms with Crippen molar-refractivity contribution in [2.75, 3.05) is 10.7 Å². The Morgan fingerprint density at radius 1 is 1.22 bits per heavy atom. The number of nitrogens with zero attached hydrogens (tertiary/aromatic N) is 3. The average Bonchev–Trinajstić information content (AvgIpc) is 3.18. The van der Waals surface area contributed by atoms with E-state index in [4.69, 9.17) is 10.2 Å². The van der Waals surface area contributed by atoms with Crippen molar-refractivity contribution in [1.82, 2.24) is 15.4 Å². The van der Waals surface area contributed by atoms with Crippen LogP contribution in [0.1, 0.15) is 22.9 Å². The van der Waals surface area contributed by atoms with E-state index in [9.17, 15) is 4.39 Å². The third-order valence-corrected chi connectivity index (χ3v) is 3.84. The van der Waals surface area contributed by atoms with Crippen LogP contribution in [0.2, 0.25) is 0 Å². The Morgan fingerprint density at radius 3 is 2.87 bits per heavy atom. The molecular formula is C16H14FN5O. The van der Waals surface area contributed by atoms with Crippen molar-refractivity contribution >= 4 is 11.6 Å². The average molecular weight is 311 g/mol. The Bertz CT molecular complexity index is 836. The summed E-state index contributed by atoms with van der Waals surface area (Å²) in [5.74, 6) is 1.44. The van der Waals surface area contributed by atoms with Crippen molar-refractivity contribution in [3.8, 4) is 0 Å². The van der Waals surface area contributed by atoms with E-state index >= 15 is 0 Å². The fourth-order valence-corrected chi connectivity index (χ4v) is 2.75. The van der Waals surface area contributed by atoms with E-state index in [1.807, 2.05) is 6.07 Å². The van der Waals surface area contributed by atoms with Gasteiger partial charge >= 0.3 is 0 Å². The molecule has 3 N–H and O–H groups in total. The van der Waals surface area contributed by atoms with Gasteiger partial charge in [0, 0.05) is 5.56 Å². The van der Waals surface area contributed by atoms with Crippen molar-refractivity contribution in [1.29, 1.82) is 0 Å². The van der Waals surface area contributed by atoms with Gasteiger partial charge in [-0.2, -0.15) is 0 Å². The molecule has 0 fully saturated rings. The molecule has 3 heterocycles. The normalized spacial score (nSPS) is 16.6. The molecule has 0 aliphatic carbocycles. The van der Waals surface area contributed by atoms with Crippen LogP contribution < -0.4 is 16.2 Å². The van der Waals surface area contributed by atoms with E-state index in [1.165, 1.54) is 12.4 Å². The molecular weight excluding hydrogens is 297 g/mol. The van der Waals surface area contributed by atoms with Crippen LogP contribution in [0.5, 0.6) is 0 Å². The van der Waals surface area contributed by atoms with Gasteiger partial charge in [0.2, 0.25) is 0 Å². The quantitative estimate of drug-likeness (QED) is 0.773. The maximum absolute atomic E-state index is 13.9. The highest BCUT2D eigenvalue weighted by Gasteiger charge is 2.35. The Labute approximate surface area is 131 Å². The number of hydrazine groups is 1. The van der Waals surface area contributed by atoms with Gasteiger partial charge in [-0.3, -0.25) is 5.01 Å². The number of hydrogen-bond acceptors (Lipinski definition) is 6. The molecule has 6 nitrogen and oxygen atoms in total. The highest BCUT2D eigenvalue weighted by molar-refractivity contribution is 5.63. The van der Waals surface area contributed by atoms with Gasteiger partial charge in [0.25, 0.3) is 0 Å². The van der Waals surface area contributed by atoms with Crippen LogP contribution in [0.25, 0.3) is 0 Å². The summed E-state index contributed by atoms with van der Waals surface area (Å²) in [7, 11) is 0. The number of nitrogen functional groups attached to an aromatic ring is 1. The predicted octanol–water partition coefficient (Wildman–Crippen LogP) is 2.41. The lowest BCUT2D eigenvalue weighted by Gasteiger charge is -2.19. The zero-order chi connectivity index (χ0) is 15.8. The van der Waals surface area contributed by atoms with Crippen LogP contribution >= 0.6 is 0 Å². The molecule has 1 aromatic carbocycles. The van der Waals surface area contributed by atoms with Gasteiger partial charge in [-0.05, 0) is 18.2 Å². The minimum absolute atomic E-state index is 0.265. The number of hydrogen-bond donors (Lipinski definition) is 2. The van der Waals surface area contributed by atoms with Crippen molar-refractivity contribution in [2.45, 2.75) is 12.6 Å². The summed E-state index contributed by atoms with van der Waals surface area (Å²) in [6.07, 6.45) is 2.99. The van der Waals surface area contributed by atoms with E-state index in [-0.39, 0.29) is 11.9 Å². The molecule has 7 heteroatoms. The Kier molecular flexibility index (Phi) is 3.20.